The van der Waals surface area contributed by atoms with Gasteiger partial charge in [0, 0.05) is 16.0 Å². The van der Waals surface area contributed by atoms with Gasteiger partial charge in [-0.25, -0.2) is 4.98 Å². The van der Waals surface area contributed by atoms with Crippen molar-refractivity contribution < 1.29 is 9.53 Å². The first-order chi connectivity index (χ1) is 12.1. The number of rotatable bonds is 5. The van der Waals surface area contributed by atoms with E-state index in [1.54, 1.807) is 19.1 Å². The van der Waals surface area contributed by atoms with Crippen molar-refractivity contribution in [2.24, 2.45) is 0 Å². The van der Waals surface area contributed by atoms with E-state index >= 15 is 0 Å². The van der Waals surface area contributed by atoms with Crippen LogP contribution in [0.15, 0.2) is 53.9 Å². The summed E-state index contributed by atoms with van der Waals surface area (Å²) in [6.45, 7) is 2.11. The zero-order valence-corrected chi connectivity index (χ0v) is 15.7. The van der Waals surface area contributed by atoms with Crippen LogP contribution in [0.5, 0.6) is 0 Å². The number of aromatic nitrogens is 1. The lowest BCUT2D eigenvalue weighted by Gasteiger charge is -2.13. The summed E-state index contributed by atoms with van der Waals surface area (Å²) >= 11 is 13.7. The van der Waals surface area contributed by atoms with Gasteiger partial charge in [0.25, 0.3) is 0 Å². The van der Waals surface area contributed by atoms with Gasteiger partial charge in [0.1, 0.15) is 10.9 Å². The van der Waals surface area contributed by atoms with Crippen molar-refractivity contribution in [2.75, 3.05) is 6.61 Å². The maximum absolute atomic E-state index is 12.5. The van der Waals surface area contributed by atoms with Gasteiger partial charge in [0.05, 0.1) is 17.3 Å². The van der Waals surface area contributed by atoms with E-state index in [2.05, 4.69) is 4.98 Å². The standard InChI is InChI=1S/C19H15Cl2NO2S/c1-2-24-19(23)17(12-6-4-3-5-7-12)16-11-25-18(22-16)14-9-8-13(20)10-15(14)21/h3-11,17H,2H2,1H3. The third-order valence-electron chi connectivity index (χ3n) is 3.63. The average molecular weight is 392 g/mol. The number of hydrogen-bond donors (Lipinski definition) is 0. The molecule has 1 aromatic heterocycles. The van der Waals surface area contributed by atoms with Gasteiger partial charge in [-0.05, 0) is 30.7 Å². The van der Waals surface area contributed by atoms with Crippen LogP contribution in [0.2, 0.25) is 10.0 Å². The Morgan fingerprint density at radius 1 is 1.20 bits per heavy atom. The molecular formula is C19H15Cl2NO2S. The molecule has 0 N–H and O–H groups in total. The predicted molar refractivity (Wildman–Crippen MR) is 102 cm³/mol. The molecule has 3 nitrogen and oxygen atoms in total. The van der Waals surface area contributed by atoms with Crippen LogP contribution in [-0.2, 0) is 9.53 Å². The van der Waals surface area contributed by atoms with Crippen molar-refractivity contribution in [3.8, 4) is 10.6 Å². The SMILES string of the molecule is CCOC(=O)C(c1ccccc1)c1csc(-c2ccc(Cl)cc2Cl)n1. The highest BCUT2D eigenvalue weighted by atomic mass is 35.5. The van der Waals surface area contributed by atoms with Crippen molar-refractivity contribution in [3.05, 3.63) is 75.2 Å². The number of benzene rings is 2. The molecule has 0 fully saturated rings. The van der Waals surface area contributed by atoms with Crippen molar-refractivity contribution in [1.82, 2.24) is 4.98 Å². The minimum absolute atomic E-state index is 0.312. The van der Waals surface area contributed by atoms with Gasteiger partial charge in [0.2, 0.25) is 0 Å². The fourth-order valence-corrected chi connectivity index (χ4v) is 3.94. The van der Waals surface area contributed by atoms with Crippen LogP contribution in [0, 0.1) is 0 Å². The van der Waals surface area contributed by atoms with Crippen molar-refractivity contribution in [2.45, 2.75) is 12.8 Å². The molecular weight excluding hydrogens is 377 g/mol. The second-order valence-electron chi connectivity index (χ2n) is 5.30. The van der Waals surface area contributed by atoms with Crippen molar-refractivity contribution in [3.63, 3.8) is 0 Å². The third-order valence-corrected chi connectivity index (χ3v) is 5.08. The molecule has 0 saturated heterocycles. The van der Waals surface area contributed by atoms with Crippen molar-refractivity contribution >= 4 is 40.5 Å². The molecule has 0 bridgehead atoms. The van der Waals surface area contributed by atoms with E-state index in [1.165, 1.54) is 11.3 Å². The topological polar surface area (TPSA) is 39.2 Å². The molecule has 6 heteroatoms. The zero-order valence-electron chi connectivity index (χ0n) is 13.4. The Bertz CT molecular complexity index is 880. The van der Waals surface area contributed by atoms with E-state index in [4.69, 9.17) is 27.9 Å². The van der Waals surface area contributed by atoms with E-state index in [-0.39, 0.29) is 5.97 Å². The van der Waals surface area contributed by atoms with Crippen LogP contribution in [-0.4, -0.2) is 17.6 Å². The lowest BCUT2D eigenvalue weighted by molar-refractivity contribution is -0.143. The number of esters is 1. The summed E-state index contributed by atoms with van der Waals surface area (Å²) in [5, 5.41) is 3.70. The molecule has 3 aromatic rings. The summed E-state index contributed by atoms with van der Waals surface area (Å²) in [4.78, 5) is 17.1. The van der Waals surface area contributed by atoms with Gasteiger partial charge in [-0.1, -0.05) is 53.5 Å². The fraction of sp³-hybridized carbons (Fsp3) is 0.158. The summed E-state index contributed by atoms with van der Waals surface area (Å²) in [5.41, 5.74) is 2.29. The lowest BCUT2D eigenvalue weighted by Crippen LogP contribution is -2.17. The van der Waals surface area contributed by atoms with Crippen LogP contribution in [0.4, 0.5) is 0 Å². The largest absolute Gasteiger partial charge is 0.465 e. The normalized spacial score (nSPS) is 12.0. The molecule has 1 unspecified atom stereocenters. The van der Waals surface area contributed by atoms with Crippen LogP contribution >= 0.6 is 34.5 Å². The second-order valence-corrected chi connectivity index (χ2v) is 7.00. The quantitative estimate of drug-likeness (QED) is 0.514. The Kier molecular flexibility index (Phi) is 5.74. The molecule has 0 aliphatic heterocycles. The van der Waals surface area contributed by atoms with Gasteiger partial charge in [-0.2, -0.15) is 0 Å². The highest BCUT2D eigenvalue weighted by molar-refractivity contribution is 7.13. The molecule has 1 heterocycles. The smallest absolute Gasteiger partial charge is 0.319 e. The highest BCUT2D eigenvalue weighted by Crippen LogP contribution is 2.35. The molecule has 0 radical (unpaired) electrons. The van der Waals surface area contributed by atoms with E-state index in [1.807, 2.05) is 41.8 Å². The molecule has 25 heavy (non-hydrogen) atoms. The van der Waals surface area contributed by atoms with Crippen LogP contribution < -0.4 is 0 Å². The summed E-state index contributed by atoms with van der Waals surface area (Å²) in [5.74, 6) is -0.870. The maximum atomic E-state index is 12.5. The predicted octanol–water partition coefficient (Wildman–Crippen LogP) is 5.81. The van der Waals surface area contributed by atoms with Crippen molar-refractivity contribution in [1.29, 1.82) is 0 Å². The highest BCUT2D eigenvalue weighted by Gasteiger charge is 2.27. The molecule has 0 spiro atoms. The number of halogens is 2. The van der Waals surface area contributed by atoms with Gasteiger partial charge >= 0.3 is 5.97 Å². The number of nitrogens with zero attached hydrogens (tertiary/aromatic N) is 1. The van der Waals surface area contributed by atoms with E-state index < -0.39 is 5.92 Å². The Morgan fingerprint density at radius 2 is 1.96 bits per heavy atom. The first kappa shape index (κ1) is 17.9. The number of carbonyl (C=O) groups is 1. The third kappa shape index (κ3) is 4.03. The molecule has 0 aliphatic carbocycles. The molecule has 1 atom stereocenters. The van der Waals surface area contributed by atoms with Gasteiger partial charge in [0.15, 0.2) is 0 Å². The van der Waals surface area contributed by atoms with E-state index in [9.17, 15) is 4.79 Å². The lowest BCUT2D eigenvalue weighted by atomic mass is 9.96. The van der Waals surface area contributed by atoms with Crippen LogP contribution in [0.3, 0.4) is 0 Å². The van der Waals surface area contributed by atoms with Crippen LogP contribution in [0.1, 0.15) is 24.1 Å². The first-order valence-corrected chi connectivity index (χ1v) is 9.36. The van der Waals surface area contributed by atoms with E-state index in [0.29, 0.717) is 22.3 Å². The number of carbonyl (C=O) groups excluding carboxylic acids is 1. The minimum Gasteiger partial charge on any atom is -0.465 e. The average Bonchev–Trinajstić information content (AvgIpc) is 3.05. The molecule has 0 amide bonds. The molecule has 0 saturated carbocycles. The molecule has 0 aliphatic rings. The molecule has 2 aromatic carbocycles. The summed E-state index contributed by atoms with van der Waals surface area (Å²) in [6, 6.07) is 14.8. The Morgan fingerprint density at radius 3 is 2.64 bits per heavy atom. The summed E-state index contributed by atoms with van der Waals surface area (Å²) < 4.78 is 5.25. The number of ether oxygens (including phenoxy) is 1. The Hall–Kier alpha value is -1.88. The summed E-state index contributed by atoms with van der Waals surface area (Å²) in [7, 11) is 0. The number of thiazole rings is 1. The first-order valence-electron chi connectivity index (χ1n) is 7.72. The van der Waals surface area contributed by atoms with Gasteiger partial charge < -0.3 is 4.74 Å². The summed E-state index contributed by atoms with van der Waals surface area (Å²) in [6.07, 6.45) is 0. The number of hydrogen-bond acceptors (Lipinski definition) is 4. The monoisotopic (exact) mass is 391 g/mol. The second kappa shape index (κ2) is 8.00. The van der Waals surface area contributed by atoms with E-state index in [0.717, 1.165) is 16.1 Å². The Balaban J connectivity index is 2.00. The maximum Gasteiger partial charge on any atom is 0.319 e. The van der Waals surface area contributed by atoms with Gasteiger partial charge in [-0.15, -0.1) is 11.3 Å². The van der Waals surface area contributed by atoms with Crippen LogP contribution in [0.25, 0.3) is 10.6 Å². The fourth-order valence-electron chi connectivity index (χ4n) is 2.50. The molecule has 128 valence electrons. The Labute approximate surface area is 160 Å². The minimum atomic E-state index is -0.558. The zero-order chi connectivity index (χ0) is 17.8. The van der Waals surface area contributed by atoms with Gasteiger partial charge in [-0.3, -0.25) is 4.79 Å². The molecule has 3 rings (SSSR count).